The van der Waals surface area contributed by atoms with Crippen LogP contribution in [0.15, 0.2) is 60.8 Å². The first-order chi connectivity index (χ1) is 18.9. The predicted molar refractivity (Wildman–Crippen MR) is 153 cm³/mol. The zero-order chi connectivity index (χ0) is 27.4. The van der Waals surface area contributed by atoms with E-state index in [2.05, 4.69) is 46.5 Å². The van der Waals surface area contributed by atoms with Crippen LogP contribution in [-0.2, 0) is 6.54 Å². The van der Waals surface area contributed by atoms with Gasteiger partial charge >= 0.3 is 0 Å². The first-order valence-corrected chi connectivity index (χ1v) is 13.8. The summed E-state index contributed by atoms with van der Waals surface area (Å²) in [6.45, 7) is 8.51. The quantitative estimate of drug-likeness (QED) is 0.457. The summed E-state index contributed by atoms with van der Waals surface area (Å²) >= 11 is 0. The van der Waals surface area contributed by atoms with Gasteiger partial charge in [0.1, 0.15) is 17.3 Å². The predicted octanol–water partition coefficient (Wildman–Crippen LogP) is 4.80. The third kappa shape index (κ3) is 6.57. The number of carbonyl (C=O) groups is 1. The molecule has 2 aliphatic rings. The van der Waals surface area contributed by atoms with Crippen LogP contribution in [0.5, 0.6) is 5.75 Å². The van der Waals surface area contributed by atoms with E-state index in [0.717, 1.165) is 60.6 Å². The Morgan fingerprint density at radius 1 is 1.08 bits per heavy atom. The molecule has 2 fully saturated rings. The summed E-state index contributed by atoms with van der Waals surface area (Å²) in [6.07, 6.45) is 3.31. The number of halogens is 1. The third-order valence-electron chi connectivity index (χ3n) is 7.63. The van der Waals surface area contributed by atoms with Gasteiger partial charge in [-0.2, -0.15) is 0 Å². The Kier molecular flexibility index (Phi) is 8.43. The highest BCUT2D eigenvalue weighted by Crippen LogP contribution is 2.31. The number of amides is 1. The molecule has 2 atom stereocenters. The molecular formula is C31H38FN5O2. The van der Waals surface area contributed by atoms with Crippen LogP contribution < -0.4 is 15.4 Å². The molecule has 0 saturated carbocycles. The highest BCUT2D eigenvalue weighted by Gasteiger charge is 2.27. The summed E-state index contributed by atoms with van der Waals surface area (Å²) in [7, 11) is 1.70. The molecule has 0 unspecified atom stereocenters. The first-order valence-electron chi connectivity index (χ1n) is 13.8. The van der Waals surface area contributed by atoms with Crippen molar-refractivity contribution in [2.24, 2.45) is 0 Å². The van der Waals surface area contributed by atoms with Crippen molar-refractivity contribution < 1.29 is 13.9 Å². The lowest BCUT2D eigenvalue weighted by atomic mass is 9.99. The van der Waals surface area contributed by atoms with Gasteiger partial charge in [0.15, 0.2) is 0 Å². The molecule has 2 saturated heterocycles. The van der Waals surface area contributed by atoms with E-state index in [1.165, 1.54) is 12.1 Å². The topological polar surface area (TPSA) is 69.7 Å². The van der Waals surface area contributed by atoms with E-state index in [1.807, 2.05) is 23.1 Å². The monoisotopic (exact) mass is 531 g/mol. The van der Waals surface area contributed by atoms with Crippen molar-refractivity contribution in [3.63, 3.8) is 0 Å². The molecule has 0 radical (unpaired) electrons. The maximum Gasteiger partial charge on any atom is 0.273 e. The molecule has 39 heavy (non-hydrogen) atoms. The largest absolute Gasteiger partial charge is 0.496 e. The molecular weight excluding hydrogens is 493 g/mol. The van der Waals surface area contributed by atoms with E-state index in [4.69, 9.17) is 4.74 Å². The first kappa shape index (κ1) is 27.1. The van der Waals surface area contributed by atoms with Crippen LogP contribution in [0, 0.1) is 5.82 Å². The van der Waals surface area contributed by atoms with Crippen molar-refractivity contribution in [1.82, 2.24) is 20.1 Å². The lowest BCUT2D eigenvalue weighted by molar-refractivity contribution is 0.0713. The van der Waals surface area contributed by atoms with Gasteiger partial charge in [-0.25, -0.2) is 4.39 Å². The van der Waals surface area contributed by atoms with Gasteiger partial charge in [-0.3, -0.25) is 14.7 Å². The van der Waals surface area contributed by atoms with E-state index in [-0.39, 0.29) is 17.8 Å². The lowest BCUT2D eigenvalue weighted by Gasteiger charge is -2.36. The second kappa shape index (κ2) is 12.1. The number of likely N-dealkylation sites (tertiary alicyclic amines) is 1. The zero-order valence-electron chi connectivity index (χ0n) is 23.0. The number of hydrogen-bond donors (Lipinski definition) is 2. The van der Waals surface area contributed by atoms with Crippen LogP contribution in [0.1, 0.15) is 42.7 Å². The Morgan fingerprint density at radius 2 is 1.79 bits per heavy atom. The van der Waals surface area contributed by atoms with Crippen molar-refractivity contribution in [3.05, 3.63) is 77.9 Å². The average molecular weight is 532 g/mol. The summed E-state index contributed by atoms with van der Waals surface area (Å²) in [5, 5.41) is 7.04. The maximum absolute atomic E-state index is 13.6. The van der Waals surface area contributed by atoms with E-state index in [1.54, 1.807) is 25.4 Å². The smallest absolute Gasteiger partial charge is 0.273 e. The molecule has 0 aliphatic carbocycles. The minimum atomic E-state index is -0.247. The number of benzene rings is 2. The maximum atomic E-state index is 13.6. The van der Waals surface area contributed by atoms with Crippen LogP contribution in [0.25, 0.3) is 11.1 Å². The van der Waals surface area contributed by atoms with E-state index in [9.17, 15) is 9.18 Å². The number of nitrogens with zero attached hydrogens (tertiary/aromatic N) is 3. The fourth-order valence-corrected chi connectivity index (χ4v) is 5.82. The highest BCUT2D eigenvalue weighted by atomic mass is 19.1. The van der Waals surface area contributed by atoms with Crippen molar-refractivity contribution >= 4 is 11.6 Å². The van der Waals surface area contributed by atoms with E-state index < -0.39 is 0 Å². The van der Waals surface area contributed by atoms with Crippen LogP contribution in [0.3, 0.4) is 0 Å². The number of ether oxygens (including phenoxy) is 1. The molecule has 8 heteroatoms. The summed E-state index contributed by atoms with van der Waals surface area (Å²) in [5.74, 6) is 0.516. The Labute approximate surface area is 230 Å². The fraction of sp³-hybridized carbons (Fsp3) is 0.419. The van der Waals surface area contributed by atoms with Crippen molar-refractivity contribution in [2.45, 2.75) is 51.4 Å². The van der Waals surface area contributed by atoms with E-state index in [0.29, 0.717) is 30.9 Å². The molecule has 0 spiro atoms. The van der Waals surface area contributed by atoms with Crippen LogP contribution in [0.2, 0.25) is 0 Å². The van der Waals surface area contributed by atoms with Crippen molar-refractivity contribution in [2.75, 3.05) is 38.6 Å². The van der Waals surface area contributed by atoms with Gasteiger partial charge < -0.3 is 20.3 Å². The Balaban J connectivity index is 1.28. The molecule has 0 bridgehead atoms. The van der Waals surface area contributed by atoms with Gasteiger partial charge in [0.2, 0.25) is 0 Å². The zero-order valence-corrected chi connectivity index (χ0v) is 23.0. The van der Waals surface area contributed by atoms with Crippen molar-refractivity contribution in [3.8, 4) is 16.9 Å². The molecule has 1 aromatic heterocycles. The molecule has 3 aromatic rings. The number of piperazine rings is 1. The second-order valence-corrected chi connectivity index (χ2v) is 10.8. The molecule has 3 heterocycles. The molecule has 7 nitrogen and oxygen atoms in total. The Bertz CT molecular complexity index is 1270. The number of rotatable bonds is 7. The number of pyridine rings is 1. The number of anilines is 1. The van der Waals surface area contributed by atoms with Gasteiger partial charge in [-0.1, -0.05) is 18.2 Å². The SMILES string of the molecule is COc1cc(-c2cccnc2C(=O)N2CCC(Nc3ccc(F)cc3)CC2)ccc1CN1C[C@@H](C)N[C@@H](C)C1. The lowest BCUT2D eigenvalue weighted by Crippen LogP contribution is -2.53. The van der Waals surface area contributed by atoms with Crippen LogP contribution in [0.4, 0.5) is 10.1 Å². The van der Waals surface area contributed by atoms with Crippen LogP contribution in [-0.4, -0.2) is 72.1 Å². The van der Waals surface area contributed by atoms with Gasteiger partial charge in [0.25, 0.3) is 5.91 Å². The van der Waals surface area contributed by atoms with E-state index >= 15 is 0 Å². The highest BCUT2D eigenvalue weighted by molar-refractivity contribution is 5.99. The van der Waals surface area contributed by atoms with Gasteiger partial charge in [0, 0.05) is 73.9 Å². The molecule has 2 N–H and O–H groups in total. The number of carbonyl (C=O) groups excluding carboxylic acids is 1. The molecule has 2 aromatic carbocycles. The molecule has 206 valence electrons. The molecule has 5 rings (SSSR count). The Morgan fingerprint density at radius 3 is 2.49 bits per heavy atom. The summed E-state index contributed by atoms with van der Waals surface area (Å²) in [4.78, 5) is 22.5. The minimum Gasteiger partial charge on any atom is -0.496 e. The number of methoxy groups -OCH3 is 1. The standard InChI is InChI=1S/C31H38FN5O2/c1-21-18-36(19-22(2)34-21)20-24-7-6-23(17-29(24)39-3)28-5-4-14-33-30(28)31(38)37-15-12-27(13-16-37)35-26-10-8-25(32)9-11-26/h4-11,14,17,21-22,27,34-35H,12-13,15-16,18-20H2,1-3H3/t21-,22+. The van der Waals surface area contributed by atoms with Gasteiger partial charge in [0.05, 0.1) is 7.11 Å². The number of aromatic nitrogens is 1. The number of nitrogens with one attached hydrogen (secondary N) is 2. The van der Waals surface area contributed by atoms with Gasteiger partial charge in [-0.15, -0.1) is 0 Å². The summed E-state index contributed by atoms with van der Waals surface area (Å²) in [5.41, 5.74) is 4.22. The molecule has 1 amide bonds. The summed E-state index contributed by atoms with van der Waals surface area (Å²) in [6, 6.07) is 17.6. The normalized spacial score (nSPS) is 20.6. The fourth-order valence-electron chi connectivity index (χ4n) is 5.82. The number of hydrogen-bond acceptors (Lipinski definition) is 6. The number of piperidine rings is 1. The average Bonchev–Trinajstić information content (AvgIpc) is 2.94. The van der Waals surface area contributed by atoms with Gasteiger partial charge in [-0.05, 0) is 68.7 Å². The molecule has 2 aliphatic heterocycles. The second-order valence-electron chi connectivity index (χ2n) is 10.8. The van der Waals surface area contributed by atoms with Crippen molar-refractivity contribution in [1.29, 1.82) is 0 Å². The van der Waals surface area contributed by atoms with Crippen LogP contribution >= 0.6 is 0 Å². The minimum absolute atomic E-state index is 0.0577. The third-order valence-corrected chi connectivity index (χ3v) is 7.63. The summed E-state index contributed by atoms with van der Waals surface area (Å²) < 4.78 is 19.0. The Hall–Kier alpha value is -3.49.